The number of carbonyl (C=O) groups is 1. The summed E-state index contributed by atoms with van der Waals surface area (Å²) in [4.78, 5) is 11.3. The van der Waals surface area contributed by atoms with E-state index in [1.54, 1.807) is 7.11 Å². The maximum Gasteiger partial charge on any atom is 0.308 e. The number of esters is 1. The van der Waals surface area contributed by atoms with Crippen LogP contribution < -0.4 is 5.32 Å². The predicted molar refractivity (Wildman–Crippen MR) is 62.2 cm³/mol. The molecule has 1 N–H and O–H groups in total. The van der Waals surface area contributed by atoms with Gasteiger partial charge in [0, 0.05) is 13.7 Å². The Kier molecular flexibility index (Phi) is 6.42. The quantitative estimate of drug-likeness (QED) is 0.549. The molecule has 0 aromatic heterocycles. The fraction of sp³-hybridized carbons (Fsp3) is 0.917. The van der Waals surface area contributed by atoms with Crippen LogP contribution in [0.15, 0.2) is 0 Å². The van der Waals surface area contributed by atoms with Gasteiger partial charge < -0.3 is 14.8 Å². The lowest BCUT2D eigenvalue weighted by atomic mass is 9.82. The highest BCUT2D eigenvalue weighted by molar-refractivity contribution is 5.72. The van der Waals surface area contributed by atoms with Crippen molar-refractivity contribution in [3.05, 3.63) is 0 Å². The van der Waals surface area contributed by atoms with Gasteiger partial charge in [0.25, 0.3) is 0 Å². The Labute approximate surface area is 97.7 Å². The summed E-state index contributed by atoms with van der Waals surface area (Å²) in [5.41, 5.74) is 0. The number of ether oxygens (including phenoxy) is 2. The van der Waals surface area contributed by atoms with Crippen LogP contribution in [0.5, 0.6) is 0 Å². The first-order valence-electron chi connectivity index (χ1n) is 6.05. The van der Waals surface area contributed by atoms with Crippen molar-refractivity contribution < 1.29 is 14.3 Å². The molecular weight excluding hydrogens is 206 g/mol. The summed E-state index contributed by atoms with van der Waals surface area (Å²) in [6.07, 6.45) is 4.20. The Morgan fingerprint density at radius 2 is 1.94 bits per heavy atom. The van der Waals surface area contributed by atoms with Crippen LogP contribution in [-0.4, -0.2) is 39.9 Å². The molecule has 0 bridgehead atoms. The fourth-order valence-corrected chi connectivity index (χ4v) is 2.25. The summed E-state index contributed by atoms with van der Waals surface area (Å²) in [5.74, 6) is 0.809. The number of hydrogen-bond acceptors (Lipinski definition) is 4. The SMILES string of the molecule is COCCNCC1CCC(C(=O)OC)CC1. The molecule has 16 heavy (non-hydrogen) atoms. The molecular formula is C12H23NO3. The molecule has 4 heteroatoms. The first kappa shape index (κ1) is 13.5. The van der Waals surface area contributed by atoms with Gasteiger partial charge in [-0.15, -0.1) is 0 Å². The lowest BCUT2D eigenvalue weighted by Gasteiger charge is -2.27. The average molecular weight is 229 g/mol. The van der Waals surface area contributed by atoms with Crippen LogP contribution in [0.1, 0.15) is 25.7 Å². The second kappa shape index (κ2) is 7.63. The van der Waals surface area contributed by atoms with Gasteiger partial charge in [0.15, 0.2) is 0 Å². The number of methoxy groups -OCH3 is 2. The highest BCUT2D eigenvalue weighted by Gasteiger charge is 2.26. The Morgan fingerprint density at radius 3 is 2.50 bits per heavy atom. The lowest BCUT2D eigenvalue weighted by Crippen LogP contribution is -2.30. The Bertz CT molecular complexity index is 200. The molecule has 0 aliphatic heterocycles. The summed E-state index contributed by atoms with van der Waals surface area (Å²) in [6, 6.07) is 0. The van der Waals surface area contributed by atoms with Gasteiger partial charge in [-0.3, -0.25) is 4.79 Å². The van der Waals surface area contributed by atoms with Crippen LogP contribution in [0.2, 0.25) is 0 Å². The first-order valence-corrected chi connectivity index (χ1v) is 6.05. The maximum atomic E-state index is 11.3. The number of hydrogen-bond donors (Lipinski definition) is 1. The van der Waals surface area contributed by atoms with Crippen molar-refractivity contribution >= 4 is 5.97 Å². The minimum atomic E-state index is -0.0363. The van der Waals surface area contributed by atoms with Gasteiger partial charge in [-0.05, 0) is 38.1 Å². The highest BCUT2D eigenvalue weighted by atomic mass is 16.5. The molecule has 0 aromatic carbocycles. The van der Waals surface area contributed by atoms with Gasteiger partial charge in [-0.2, -0.15) is 0 Å². The van der Waals surface area contributed by atoms with Crippen LogP contribution in [0, 0.1) is 11.8 Å². The van der Waals surface area contributed by atoms with E-state index < -0.39 is 0 Å². The van der Waals surface area contributed by atoms with Crippen molar-refractivity contribution in [2.24, 2.45) is 11.8 Å². The third-order valence-corrected chi connectivity index (χ3v) is 3.30. The van der Waals surface area contributed by atoms with Crippen molar-refractivity contribution in [3.63, 3.8) is 0 Å². The molecule has 1 fully saturated rings. The van der Waals surface area contributed by atoms with E-state index in [0.717, 1.165) is 45.4 Å². The Hall–Kier alpha value is -0.610. The van der Waals surface area contributed by atoms with Crippen molar-refractivity contribution in [3.8, 4) is 0 Å². The topological polar surface area (TPSA) is 47.6 Å². The van der Waals surface area contributed by atoms with Crippen molar-refractivity contribution in [1.29, 1.82) is 0 Å². The molecule has 94 valence electrons. The normalized spacial score (nSPS) is 25.4. The monoisotopic (exact) mass is 229 g/mol. The molecule has 0 atom stereocenters. The predicted octanol–water partition coefficient (Wildman–Crippen LogP) is 1.20. The summed E-state index contributed by atoms with van der Waals surface area (Å²) >= 11 is 0. The maximum absolute atomic E-state index is 11.3. The lowest BCUT2D eigenvalue weighted by molar-refractivity contribution is -0.146. The number of carbonyl (C=O) groups excluding carboxylic acids is 1. The molecule has 1 saturated carbocycles. The summed E-state index contributed by atoms with van der Waals surface area (Å²) in [7, 11) is 3.18. The fourth-order valence-electron chi connectivity index (χ4n) is 2.25. The van der Waals surface area contributed by atoms with E-state index in [9.17, 15) is 4.79 Å². The third-order valence-electron chi connectivity index (χ3n) is 3.30. The van der Waals surface area contributed by atoms with E-state index in [-0.39, 0.29) is 11.9 Å². The van der Waals surface area contributed by atoms with Gasteiger partial charge in [0.1, 0.15) is 0 Å². The molecule has 0 heterocycles. The standard InChI is InChI=1S/C12H23NO3/c1-15-8-7-13-9-10-3-5-11(6-4-10)12(14)16-2/h10-11,13H,3-9H2,1-2H3. The molecule has 1 rings (SSSR count). The van der Waals surface area contributed by atoms with E-state index in [0.29, 0.717) is 5.92 Å². The minimum Gasteiger partial charge on any atom is -0.469 e. The van der Waals surface area contributed by atoms with Crippen molar-refractivity contribution in [1.82, 2.24) is 5.32 Å². The van der Waals surface area contributed by atoms with Crippen LogP contribution >= 0.6 is 0 Å². The number of nitrogens with one attached hydrogen (secondary N) is 1. The third kappa shape index (κ3) is 4.49. The molecule has 0 radical (unpaired) electrons. The van der Waals surface area contributed by atoms with Crippen molar-refractivity contribution in [2.45, 2.75) is 25.7 Å². The van der Waals surface area contributed by atoms with Gasteiger partial charge in [0.2, 0.25) is 0 Å². The molecule has 0 amide bonds. The van der Waals surface area contributed by atoms with E-state index in [1.165, 1.54) is 7.11 Å². The molecule has 0 aromatic rings. The summed E-state index contributed by atoms with van der Waals surface area (Å²) in [6.45, 7) is 2.71. The van der Waals surface area contributed by atoms with Gasteiger partial charge in [-0.1, -0.05) is 0 Å². The second-order valence-corrected chi connectivity index (χ2v) is 4.44. The zero-order valence-electron chi connectivity index (χ0n) is 10.3. The highest BCUT2D eigenvalue weighted by Crippen LogP contribution is 2.28. The van der Waals surface area contributed by atoms with Crippen LogP contribution in [0.25, 0.3) is 0 Å². The largest absolute Gasteiger partial charge is 0.469 e. The molecule has 1 aliphatic carbocycles. The molecule has 0 spiro atoms. The zero-order valence-corrected chi connectivity index (χ0v) is 10.3. The van der Waals surface area contributed by atoms with Gasteiger partial charge in [0.05, 0.1) is 19.6 Å². The average Bonchev–Trinajstić information content (AvgIpc) is 2.34. The molecule has 0 saturated heterocycles. The smallest absolute Gasteiger partial charge is 0.308 e. The van der Waals surface area contributed by atoms with Crippen LogP contribution in [-0.2, 0) is 14.3 Å². The van der Waals surface area contributed by atoms with Gasteiger partial charge in [-0.25, -0.2) is 0 Å². The minimum absolute atomic E-state index is 0.0363. The van der Waals surface area contributed by atoms with E-state index >= 15 is 0 Å². The summed E-state index contributed by atoms with van der Waals surface area (Å²) in [5, 5.41) is 3.37. The van der Waals surface area contributed by atoms with Gasteiger partial charge >= 0.3 is 5.97 Å². The summed E-state index contributed by atoms with van der Waals surface area (Å²) < 4.78 is 9.74. The van der Waals surface area contributed by atoms with Crippen molar-refractivity contribution in [2.75, 3.05) is 33.9 Å². The second-order valence-electron chi connectivity index (χ2n) is 4.44. The Morgan fingerprint density at radius 1 is 1.25 bits per heavy atom. The van der Waals surface area contributed by atoms with E-state index in [4.69, 9.17) is 9.47 Å². The van der Waals surface area contributed by atoms with E-state index in [1.807, 2.05) is 0 Å². The first-order chi connectivity index (χ1) is 7.77. The molecule has 4 nitrogen and oxygen atoms in total. The Balaban J connectivity index is 2.10. The van der Waals surface area contributed by atoms with Crippen LogP contribution in [0.4, 0.5) is 0 Å². The molecule has 1 aliphatic rings. The zero-order chi connectivity index (χ0) is 11.8. The number of rotatable bonds is 6. The molecule has 0 unspecified atom stereocenters. The van der Waals surface area contributed by atoms with E-state index in [2.05, 4.69) is 5.32 Å². The van der Waals surface area contributed by atoms with Crippen LogP contribution in [0.3, 0.4) is 0 Å².